The third-order valence-corrected chi connectivity index (χ3v) is 5.00. The smallest absolute Gasteiger partial charge is 0.261 e. The van der Waals surface area contributed by atoms with Gasteiger partial charge in [-0.2, -0.15) is 0 Å². The highest BCUT2D eigenvalue weighted by atomic mass is 79.9. The van der Waals surface area contributed by atoms with Gasteiger partial charge in [0.25, 0.3) is 5.91 Å². The molecule has 0 radical (unpaired) electrons. The van der Waals surface area contributed by atoms with Crippen LogP contribution >= 0.6 is 15.9 Å². The van der Waals surface area contributed by atoms with Crippen LogP contribution in [0.3, 0.4) is 0 Å². The van der Waals surface area contributed by atoms with Gasteiger partial charge in [-0.05, 0) is 49.2 Å². The first-order valence-corrected chi connectivity index (χ1v) is 8.57. The van der Waals surface area contributed by atoms with Crippen LogP contribution in [0, 0.1) is 0 Å². The maximum absolute atomic E-state index is 12.8. The van der Waals surface area contributed by atoms with Gasteiger partial charge in [-0.1, -0.05) is 28.1 Å². The molecule has 1 N–H and O–H groups in total. The summed E-state index contributed by atoms with van der Waals surface area (Å²) in [5.74, 6) is -0.377. The molecule has 1 aliphatic rings. The number of hydrogen-bond donors (Lipinski definition) is 1. The second-order valence-electron chi connectivity index (χ2n) is 6.11. The summed E-state index contributed by atoms with van der Waals surface area (Å²) < 4.78 is 2.98. The van der Waals surface area contributed by atoms with Crippen LogP contribution in [0.4, 0.5) is 5.69 Å². The summed E-state index contributed by atoms with van der Waals surface area (Å²) in [6, 6.07) is 13.2. The lowest BCUT2D eigenvalue weighted by molar-refractivity contribution is 0.102. The number of amides is 1. The molecule has 5 heteroatoms. The first kappa shape index (κ1) is 15.1. The van der Waals surface area contributed by atoms with Crippen molar-refractivity contribution in [2.75, 3.05) is 5.32 Å². The van der Waals surface area contributed by atoms with Gasteiger partial charge in [0.05, 0.1) is 5.52 Å². The van der Waals surface area contributed by atoms with E-state index < -0.39 is 0 Å². The molecular weight excluding hydrogens is 368 g/mol. The van der Waals surface area contributed by atoms with Crippen molar-refractivity contribution in [3.8, 4) is 0 Å². The van der Waals surface area contributed by atoms with Crippen molar-refractivity contribution in [1.29, 1.82) is 0 Å². The highest BCUT2D eigenvalue weighted by Gasteiger charge is 2.24. The number of para-hydroxylation sites is 1. The standard InChI is InChI=1S/C19H15BrN2O2/c1-11-9-12-3-2-4-15-17(12)22(11)10-16(18(15)23)19(24)21-14-7-5-13(20)6-8-14/h2-8,10-11H,9H2,1H3,(H,21,24)/t11-/m1/s1. The van der Waals surface area contributed by atoms with Gasteiger partial charge in [0.2, 0.25) is 5.43 Å². The van der Waals surface area contributed by atoms with Crippen molar-refractivity contribution in [2.24, 2.45) is 0 Å². The normalized spacial score (nSPS) is 15.7. The first-order chi connectivity index (χ1) is 11.5. The van der Waals surface area contributed by atoms with E-state index in [1.807, 2.05) is 28.8 Å². The van der Waals surface area contributed by atoms with Crippen LogP contribution in [0.1, 0.15) is 28.9 Å². The number of hydrogen-bond acceptors (Lipinski definition) is 2. The molecule has 4 rings (SSSR count). The number of nitrogens with zero attached hydrogens (tertiary/aromatic N) is 1. The molecule has 0 saturated carbocycles. The van der Waals surface area contributed by atoms with Crippen molar-refractivity contribution in [1.82, 2.24) is 4.57 Å². The monoisotopic (exact) mass is 382 g/mol. The van der Waals surface area contributed by atoms with E-state index >= 15 is 0 Å². The molecule has 2 aromatic carbocycles. The minimum absolute atomic E-state index is 0.177. The molecule has 1 aromatic heterocycles. The fraction of sp³-hybridized carbons (Fsp3) is 0.158. The van der Waals surface area contributed by atoms with Crippen LogP contribution in [0.15, 0.2) is 57.9 Å². The van der Waals surface area contributed by atoms with Gasteiger partial charge in [-0.15, -0.1) is 0 Å². The average Bonchev–Trinajstić information content (AvgIpc) is 2.89. The molecule has 1 aliphatic heterocycles. The van der Waals surface area contributed by atoms with Gasteiger partial charge in [0.1, 0.15) is 5.56 Å². The first-order valence-electron chi connectivity index (χ1n) is 7.78. The van der Waals surface area contributed by atoms with Crippen LogP contribution in [-0.2, 0) is 6.42 Å². The van der Waals surface area contributed by atoms with Crippen LogP contribution in [0.5, 0.6) is 0 Å². The molecule has 120 valence electrons. The van der Waals surface area contributed by atoms with Crippen LogP contribution < -0.4 is 10.7 Å². The number of benzene rings is 2. The van der Waals surface area contributed by atoms with E-state index in [0.29, 0.717) is 11.1 Å². The second-order valence-corrected chi connectivity index (χ2v) is 7.02. The minimum Gasteiger partial charge on any atom is -0.343 e. The second kappa shape index (κ2) is 5.60. The molecular formula is C19H15BrN2O2. The molecule has 3 aromatic rings. The molecule has 0 bridgehead atoms. The Hall–Kier alpha value is -2.40. The number of halogens is 1. The minimum atomic E-state index is -0.377. The molecule has 0 aliphatic carbocycles. The summed E-state index contributed by atoms with van der Waals surface area (Å²) in [4.78, 5) is 25.4. The Labute approximate surface area is 147 Å². The predicted octanol–water partition coefficient (Wildman–Crippen LogP) is 4.13. The number of aromatic nitrogens is 1. The van der Waals surface area contributed by atoms with E-state index in [4.69, 9.17) is 0 Å². The van der Waals surface area contributed by atoms with Crippen LogP contribution in [-0.4, -0.2) is 10.5 Å². The Bertz CT molecular complexity index is 1020. The number of pyridine rings is 1. The lowest BCUT2D eigenvalue weighted by Crippen LogP contribution is -2.23. The largest absolute Gasteiger partial charge is 0.343 e. The molecule has 0 fully saturated rings. The Kier molecular flexibility index (Phi) is 3.53. The molecule has 0 saturated heterocycles. The van der Waals surface area contributed by atoms with Gasteiger partial charge >= 0.3 is 0 Å². The maximum atomic E-state index is 12.8. The zero-order chi connectivity index (χ0) is 16.8. The van der Waals surface area contributed by atoms with Crippen molar-refractivity contribution in [3.05, 3.63) is 74.5 Å². The summed E-state index contributed by atoms with van der Waals surface area (Å²) >= 11 is 3.36. The molecule has 0 spiro atoms. The molecule has 4 nitrogen and oxygen atoms in total. The van der Waals surface area contributed by atoms with Crippen molar-refractivity contribution in [3.63, 3.8) is 0 Å². The summed E-state index contributed by atoms with van der Waals surface area (Å²) in [7, 11) is 0. The predicted molar refractivity (Wildman–Crippen MR) is 98.7 cm³/mol. The zero-order valence-electron chi connectivity index (χ0n) is 13.0. The Morgan fingerprint density at radius 3 is 2.71 bits per heavy atom. The fourth-order valence-corrected chi connectivity index (χ4v) is 3.57. The SMILES string of the molecule is C[C@@H]1Cc2cccc3c(=O)c(C(=O)Nc4ccc(Br)cc4)cn1c23. The molecule has 1 atom stereocenters. The van der Waals surface area contributed by atoms with Gasteiger partial charge in [0.15, 0.2) is 0 Å². The third kappa shape index (κ3) is 2.36. The highest BCUT2D eigenvalue weighted by molar-refractivity contribution is 9.10. The van der Waals surface area contributed by atoms with E-state index in [1.165, 1.54) is 0 Å². The number of rotatable bonds is 2. The third-order valence-electron chi connectivity index (χ3n) is 4.47. The maximum Gasteiger partial charge on any atom is 0.261 e. The van der Waals surface area contributed by atoms with Gasteiger partial charge in [-0.25, -0.2) is 0 Å². The van der Waals surface area contributed by atoms with Gasteiger partial charge in [0, 0.05) is 27.8 Å². The number of carbonyl (C=O) groups is 1. The van der Waals surface area contributed by atoms with Crippen molar-refractivity contribution < 1.29 is 4.79 Å². The molecule has 1 amide bonds. The number of anilines is 1. The van der Waals surface area contributed by atoms with Crippen LogP contribution in [0.25, 0.3) is 10.9 Å². The number of nitrogens with one attached hydrogen (secondary N) is 1. The van der Waals surface area contributed by atoms with Gasteiger partial charge < -0.3 is 9.88 Å². The molecule has 0 unspecified atom stereocenters. The summed E-state index contributed by atoms with van der Waals surface area (Å²) in [5, 5.41) is 3.41. The lowest BCUT2D eigenvalue weighted by atomic mass is 10.1. The van der Waals surface area contributed by atoms with Crippen LogP contribution in [0.2, 0.25) is 0 Å². The summed E-state index contributed by atoms with van der Waals surface area (Å²) in [5.41, 5.74) is 2.74. The summed E-state index contributed by atoms with van der Waals surface area (Å²) in [6.07, 6.45) is 2.58. The topological polar surface area (TPSA) is 51.1 Å². The lowest BCUT2D eigenvalue weighted by Gasteiger charge is -2.12. The van der Waals surface area contributed by atoms with E-state index in [-0.39, 0.29) is 22.9 Å². The van der Waals surface area contributed by atoms with Crippen molar-refractivity contribution >= 4 is 38.4 Å². The Balaban J connectivity index is 1.81. The number of carbonyl (C=O) groups excluding carboxylic acids is 1. The molecule has 24 heavy (non-hydrogen) atoms. The van der Waals surface area contributed by atoms with E-state index in [1.54, 1.807) is 24.4 Å². The molecule has 2 heterocycles. The zero-order valence-corrected chi connectivity index (χ0v) is 14.6. The van der Waals surface area contributed by atoms with Gasteiger partial charge in [-0.3, -0.25) is 9.59 Å². The Morgan fingerprint density at radius 1 is 1.21 bits per heavy atom. The van der Waals surface area contributed by atoms with E-state index in [9.17, 15) is 9.59 Å². The van der Waals surface area contributed by atoms with Crippen molar-refractivity contribution in [2.45, 2.75) is 19.4 Å². The quantitative estimate of drug-likeness (QED) is 0.724. The van der Waals surface area contributed by atoms with E-state index in [2.05, 4.69) is 28.2 Å². The Morgan fingerprint density at radius 2 is 1.96 bits per heavy atom. The van der Waals surface area contributed by atoms with E-state index in [0.717, 1.165) is 22.0 Å². The fourth-order valence-electron chi connectivity index (χ4n) is 3.31. The average molecular weight is 383 g/mol. The highest BCUT2D eigenvalue weighted by Crippen LogP contribution is 2.31. The summed E-state index contributed by atoms with van der Waals surface area (Å²) in [6.45, 7) is 2.10.